The van der Waals surface area contributed by atoms with Crippen LogP contribution in [0, 0.1) is 0 Å². The van der Waals surface area contributed by atoms with Crippen LogP contribution in [0.2, 0.25) is 0 Å². The second-order valence-corrected chi connectivity index (χ2v) is 3.69. The lowest BCUT2D eigenvalue weighted by Gasteiger charge is -2.15. The van der Waals surface area contributed by atoms with Gasteiger partial charge in [0, 0.05) is 6.42 Å². The summed E-state index contributed by atoms with van der Waals surface area (Å²) < 4.78 is 10.0. The summed E-state index contributed by atoms with van der Waals surface area (Å²) in [6.07, 6.45) is 2.81. The predicted molar refractivity (Wildman–Crippen MR) is 60.7 cm³/mol. The summed E-state index contributed by atoms with van der Waals surface area (Å²) in [4.78, 5) is 22.3. The highest BCUT2D eigenvalue weighted by Crippen LogP contribution is 2.14. The third kappa shape index (κ3) is 3.45. The minimum absolute atomic E-state index is 0.0567. The van der Waals surface area contributed by atoms with E-state index in [0.29, 0.717) is 18.6 Å². The van der Waals surface area contributed by atoms with Gasteiger partial charge in [0.15, 0.2) is 5.78 Å². The van der Waals surface area contributed by atoms with E-state index in [0.717, 1.165) is 0 Å². The van der Waals surface area contributed by atoms with E-state index < -0.39 is 6.16 Å². The average Bonchev–Trinajstić information content (AvgIpc) is 2.33. The van der Waals surface area contributed by atoms with Crippen molar-refractivity contribution in [2.45, 2.75) is 18.9 Å². The number of allylic oxidation sites excluding steroid dienone is 1. The highest BCUT2D eigenvalue weighted by molar-refractivity contribution is 5.90. The summed E-state index contributed by atoms with van der Waals surface area (Å²) in [5.41, 5.74) is 0. The van der Waals surface area contributed by atoms with Crippen molar-refractivity contribution < 1.29 is 19.1 Å². The fraction of sp³-hybridized carbons (Fsp3) is 0.231. The van der Waals surface area contributed by atoms with Gasteiger partial charge in [0.05, 0.1) is 0 Å². The van der Waals surface area contributed by atoms with Crippen LogP contribution in [-0.2, 0) is 9.53 Å². The first-order valence-corrected chi connectivity index (χ1v) is 5.38. The Kier molecular flexibility index (Phi) is 3.55. The number of ether oxygens (including phenoxy) is 2. The molecule has 17 heavy (non-hydrogen) atoms. The van der Waals surface area contributed by atoms with E-state index >= 15 is 0 Å². The van der Waals surface area contributed by atoms with Crippen molar-refractivity contribution in [3.63, 3.8) is 0 Å². The number of rotatable bonds is 2. The molecule has 1 aromatic carbocycles. The topological polar surface area (TPSA) is 52.6 Å². The van der Waals surface area contributed by atoms with Crippen molar-refractivity contribution >= 4 is 11.9 Å². The Morgan fingerprint density at radius 3 is 2.65 bits per heavy atom. The van der Waals surface area contributed by atoms with Crippen LogP contribution in [0.25, 0.3) is 0 Å². The standard InChI is InChI=1S/C13H12O4/c14-10-6-8-12(9-7-10)17-13(15)16-11-4-2-1-3-5-11/h1-6,8,12H,7,9H2. The Bertz CT molecular complexity index is 436. The summed E-state index contributed by atoms with van der Waals surface area (Å²) in [7, 11) is 0. The monoisotopic (exact) mass is 232 g/mol. The quantitative estimate of drug-likeness (QED) is 0.580. The maximum absolute atomic E-state index is 11.4. The van der Waals surface area contributed by atoms with Crippen molar-refractivity contribution in [3.05, 3.63) is 42.5 Å². The van der Waals surface area contributed by atoms with Gasteiger partial charge >= 0.3 is 6.16 Å². The molecule has 1 atom stereocenters. The van der Waals surface area contributed by atoms with Crippen LogP contribution >= 0.6 is 0 Å². The molecule has 0 spiro atoms. The zero-order valence-corrected chi connectivity index (χ0v) is 9.17. The van der Waals surface area contributed by atoms with Crippen LogP contribution in [0.4, 0.5) is 4.79 Å². The molecule has 1 aliphatic rings. The number of carbonyl (C=O) groups is 2. The second kappa shape index (κ2) is 5.30. The number of carbonyl (C=O) groups excluding carboxylic acids is 2. The SMILES string of the molecule is O=C1C=CC(OC(=O)Oc2ccccc2)CC1. The summed E-state index contributed by atoms with van der Waals surface area (Å²) in [5, 5.41) is 0. The van der Waals surface area contributed by atoms with Gasteiger partial charge in [0.25, 0.3) is 0 Å². The van der Waals surface area contributed by atoms with Crippen LogP contribution in [0.3, 0.4) is 0 Å². The summed E-state index contributed by atoms with van der Waals surface area (Å²) in [6.45, 7) is 0. The van der Waals surface area contributed by atoms with Crippen LogP contribution in [0.5, 0.6) is 5.75 Å². The maximum atomic E-state index is 11.4. The van der Waals surface area contributed by atoms with Crippen molar-refractivity contribution in [2.75, 3.05) is 0 Å². The van der Waals surface area contributed by atoms with Gasteiger partial charge in [-0.15, -0.1) is 0 Å². The predicted octanol–water partition coefficient (Wildman–Crippen LogP) is 2.49. The first-order valence-electron chi connectivity index (χ1n) is 5.38. The number of hydrogen-bond acceptors (Lipinski definition) is 4. The highest BCUT2D eigenvalue weighted by Gasteiger charge is 2.18. The lowest BCUT2D eigenvalue weighted by Crippen LogP contribution is -2.22. The van der Waals surface area contributed by atoms with Crippen molar-refractivity contribution in [1.82, 2.24) is 0 Å². The minimum atomic E-state index is -0.750. The van der Waals surface area contributed by atoms with E-state index in [1.165, 1.54) is 6.08 Å². The van der Waals surface area contributed by atoms with E-state index in [1.54, 1.807) is 30.3 Å². The van der Waals surface area contributed by atoms with E-state index in [-0.39, 0.29) is 11.9 Å². The van der Waals surface area contributed by atoms with Gasteiger partial charge in [-0.3, -0.25) is 4.79 Å². The number of para-hydroxylation sites is 1. The molecule has 0 N–H and O–H groups in total. The molecular formula is C13H12O4. The number of ketones is 1. The molecule has 4 heteroatoms. The third-order valence-electron chi connectivity index (χ3n) is 2.36. The Hall–Kier alpha value is -2.10. The minimum Gasteiger partial charge on any atom is -0.426 e. The maximum Gasteiger partial charge on any atom is 0.514 e. The Morgan fingerprint density at radius 1 is 1.24 bits per heavy atom. The third-order valence-corrected chi connectivity index (χ3v) is 2.36. The molecule has 1 aliphatic carbocycles. The van der Waals surface area contributed by atoms with Gasteiger partial charge in [0.2, 0.25) is 0 Å². The number of hydrogen-bond donors (Lipinski definition) is 0. The Balaban J connectivity index is 1.86. The van der Waals surface area contributed by atoms with Crippen LogP contribution in [0.15, 0.2) is 42.5 Å². The first kappa shape index (κ1) is 11.4. The summed E-state index contributed by atoms with van der Waals surface area (Å²) in [6, 6.07) is 8.69. The fourth-order valence-electron chi connectivity index (χ4n) is 1.51. The first-order chi connectivity index (χ1) is 8.24. The molecule has 0 fully saturated rings. The molecule has 88 valence electrons. The number of benzene rings is 1. The fourth-order valence-corrected chi connectivity index (χ4v) is 1.51. The van der Waals surface area contributed by atoms with Gasteiger partial charge < -0.3 is 9.47 Å². The highest BCUT2D eigenvalue weighted by atomic mass is 16.7. The van der Waals surface area contributed by atoms with Gasteiger partial charge in [-0.25, -0.2) is 4.79 Å². The van der Waals surface area contributed by atoms with Crippen molar-refractivity contribution in [1.29, 1.82) is 0 Å². The largest absolute Gasteiger partial charge is 0.514 e. The molecule has 0 heterocycles. The van der Waals surface area contributed by atoms with Crippen LogP contribution in [0.1, 0.15) is 12.8 Å². The normalized spacial score (nSPS) is 18.8. The van der Waals surface area contributed by atoms with E-state index in [9.17, 15) is 9.59 Å². The molecule has 0 aliphatic heterocycles. The molecule has 1 aromatic rings. The summed E-state index contributed by atoms with van der Waals surface area (Å²) in [5.74, 6) is 0.495. The molecule has 0 aromatic heterocycles. The molecule has 0 saturated heterocycles. The van der Waals surface area contributed by atoms with E-state index in [1.807, 2.05) is 6.07 Å². The summed E-state index contributed by atoms with van der Waals surface area (Å²) >= 11 is 0. The molecule has 4 nitrogen and oxygen atoms in total. The van der Waals surface area contributed by atoms with Crippen molar-refractivity contribution in [2.24, 2.45) is 0 Å². The molecule has 0 saturated carbocycles. The van der Waals surface area contributed by atoms with E-state index in [4.69, 9.17) is 9.47 Å². The molecule has 0 bridgehead atoms. The lowest BCUT2D eigenvalue weighted by molar-refractivity contribution is -0.115. The molecular weight excluding hydrogens is 220 g/mol. The lowest BCUT2D eigenvalue weighted by atomic mass is 10.0. The van der Waals surface area contributed by atoms with Crippen LogP contribution < -0.4 is 4.74 Å². The van der Waals surface area contributed by atoms with Gasteiger partial charge in [-0.2, -0.15) is 0 Å². The smallest absolute Gasteiger partial charge is 0.426 e. The zero-order valence-electron chi connectivity index (χ0n) is 9.17. The zero-order chi connectivity index (χ0) is 12.1. The van der Waals surface area contributed by atoms with E-state index in [2.05, 4.69) is 0 Å². The van der Waals surface area contributed by atoms with Crippen molar-refractivity contribution in [3.8, 4) is 5.75 Å². The Labute approximate surface area is 98.8 Å². The molecule has 1 unspecified atom stereocenters. The van der Waals surface area contributed by atoms with Gasteiger partial charge in [-0.05, 0) is 30.7 Å². The van der Waals surface area contributed by atoms with Gasteiger partial charge in [-0.1, -0.05) is 18.2 Å². The Morgan fingerprint density at radius 2 is 2.00 bits per heavy atom. The van der Waals surface area contributed by atoms with Crippen LogP contribution in [-0.4, -0.2) is 18.0 Å². The van der Waals surface area contributed by atoms with Gasteiger partial charge in [0.1, 0.15) is 11.9 Å². The molecule has 2 rings (SSSR count). The average molecular weight is 232 g/mol. The second-order valence-electron chi connectivity index (χ2n) is 3.69. The molecule has 0 amide bonds. The molecule has 0 radical (unpaired) electrons.